The SMILES string of the molecule is Cc1ccc(-c2nc(C3CC3)c(C(N)=S)s2)cc1. The van der Waals surface area contributed by atoms with Gasteiger partial charge in [-0.15, -0.1) is 11.3 Å². The highest BCUT2D eigenvalue weighted by molar-refractivity contribution is 7.81. The van der Waals surface area contributed by atoms with E-state index in [0.29, 0.717) is 10.9 Å². The molecule has 4 heteroatoms. The third-order valence-corrected chi connectivity index (χ3v) is 4.63. The van der Waals surface area contributed by atoms with Gasteiger partial charge in [0.05, 0.1) is 10.6 Å². The fourth-order valence-electron chi connectivity index (χ4n) is 1.96. The lowest BCUT2D eigenvalue weighted by atomic mass is 10.1. The molecule has 1 aliphatic rings. The maximum absolute atomic E-state index is 5.80. The molecule has 1 aliphatic carbocycles. The normalized spacial score (nSPS) is 14.7. The minimum absolute atomic E-state index is 0.479. The number of thiocarbonyl (C=S) groups is 1. The van der Waals surface area contributed by atoms with Crippen molar-refractivity contribution in [2.24, 2.45) is 5.73 Å². The summed E-state index contributed by atoms with van der Waals surface area (Å²) in [6.45, 7) is 2.09. The number of benzene rings is 1. The molecule has 0 aliphatic heterocycles. The van der Waals surface area contributed by atoms with E-state index in [1.807, 2.05) is 0 Å². The van der Waals surface area contributed by atoms with Crippen molar-refractivity contribution >= 4 is 28.5 Å². The molecular weight excluding hydrogens is 260 g/mol. The van der Waals surface area contributed by atoms with Crippen LogP contribution in [0.1, 0.15) is 34.9 Å². The molecule has 0 saturated heterocycles. The Balaban J connectivity index is 2.04. The molecule has 1 fully saturated rings. The second-order valence-electron chi connectivity index (χ2n) is 4.74. The Bertz CT molecular complexity index is 595. The summed E-state index contributed by atoms with van der Waals surface area (Å²) in [7, 11) is 0. The highest BCUT2D eigenvalue weighted by Gasteiger charge is 2.30. The molecule has 1 aromatic heterocycles. The van der Waals surface area contributed by atoms with Gasteiger partial charge in [-0.25, -0.2) is 4.98 Å². The monoisotopic (exact) mass is 274 g/mol. The highest BCUT2D eigenvalue weighted by atomic mass is 32.1. The van der Waals surface area contributed by atoms with E-state index in [9.17, 15) is 0 Å². The van der Waals surface area contributed by atoms with Crippen LogP contribution in [-0.2, 0) is 0 Å². The Morgan fingerprint density at radius 3 is 2.56 bits per heavy atom. The lowest BCUT2D eigenvalue weighted by molar-refractivity contribution is 1.05. The molecule has 1 aromatic carbocycles. The van der Waals surface area contributed by atoms with Gasteiger partial charge in [0.2, 0.25) is 0 Å². The van der Waals surface area contributed by atoms with Crippen molar-refractivity contribution in [3.8, 4) is 10.6 Å². The summed E-state index contributed by atoms with van der Waals surface area (Å²) in [4.78, 5) is 6.23. The number of aromatic nitrogens is 1. The molecule has 3 rings (SSSR count). The van der Waals surface area contributed by atoms with Crippen LogP contribution in [0.5, 0.6) is 0 Å². The van der Waals surface area contributed by atoms with Crippen molar-refractivity contribution < 1.29 is 0 Å². The Morgan fingerprint density at radius 1 is 1.33 bits per heavy atom. The van der Waals surface area contributed by atoms with Crippen LogP contribution in [0.25, 0.3) is 10.6 Å². The summed E-state index contributed by atoms with van der Waals surface area (Å²) in [6, 6.07) is 8.42. The van der Waals surface area contributed by atoms with Gasteiger partial charge in [0.25, 0.3) is 0 Å². The van der Waals surface area contributed by atoms with Gasteiger partial charge < -0.3 is 5.73 Å². The number of hydrogen-bond donors (Lipinski definition) is 1. The third-order valence-electron chi connectivity index (χ3n) is 3.14. The van der Waals surface area contributed by atoms with E-state index in [0.717, 1.165) is 21.1 Å². The molecule has 0 unspecified atom stereocenters. The predicted molar refractivity (Wildman–Crippen MR) is 80.1 cm³/mol. The number of rotatable bonds is 3. The average molecular weight is 274 g/mol. The predicted octanol–water partition coefficient (Wildman–Crippen LogP) is 3.63. The first kappa shape index (κ1) is 11.8. The van der Waals surface area contributed by atoms with E-state index in [1.165, 1.54) is 18.4 Å². The molecule has 1 heterocycles. The second kappa shape index (κ2) is 4.44. The van der Waals surface area contributed by atoms with E-state index in [4.69, 9.17) is 22.9 Å². The molecule has 0 radical (unpaired) electrons. The van der Waals surface area contributed by atoms with Gasteiger partial charge >= 0.3 is 0 Å². The zero-order valence-electron chi connectivity index (χ0n) is 10.1. The zero-order valence-corrected chi connectivity index (χ0v) is 11.8. The molecule has 92 valence electrons. The largest absolute Gasteiger partial charge is 0.389 e. The summed E-state index contributed by atoms with van der Waals surface area (Å²) < 4.78 is 0. The highest BCUT2D eigenvalue weighted by Crippen LogP contribution is 2.44. The topological polar surface area (TPSA) is 38.9 Å². The van der Waals surface area contributed by atoms with Crippen molar-refractivity contribution in [3.63, 3.8) is 0 Å². The molecule has 2 aromatic rings. The summed E-state index contributed by atoms with van der Waals surface area (Å²) in [6.07, 6.45) is 2.43. The van der Waals surface area contributed by atoms with E-state index in [-0.39, 0.29) is 0 Å². The first-order chi connectivity index (χ1) is 8.65. The van der Waals surface area contributed by atoms with Crippen molar-refractivity contribution in [2.45, 2.75) is 25.7 Å². The smallest absolute Gasteiger partial charge is 0.124 e. The maximum Gasteiger partial charge on any atom is 0.124 e. The Morgan fingerprint density at radius 2 is 2.00 bits per heavy atom. The lowest BCUT2D eigenvalue weighted by Gasteiger charge is -1.96. The van der Waals surface area contributed by atoms with Gasteiger partial charge in [0.1, 0.15) is 10.00 Å². The van der Waals surface area contributed by atoms with E-state index >= 15 is 0 Å². The van der Waals surface area contributed by atoms with Crippen LogP contribution in [0.2, 0.25) is 0 Å². The number of thiazole rings is 1. The summed E-state index contributed by atoms with van der Waals surface area (Å²) >= 11 is 6.75. The Hall–Kier alpha value is -1.26. The molecule has 0 atom stereocenters. The second-order valence-corrected chi connectivity index (χ2v) is 6.18. The molecule has 18 heavy (non-hydrogen) atoms. The summed E-state index contributed by atoms with van der Waals surface area (Å²) in [5.41, 5.74) is 9.32. The molecule has 0 bridgehead atoms. The number of nitrogens with zero attached hydrogens (tertiary/aromatic N) is 1. The lowest BCUT2D eigenvalue weighted by Crippen LogP contribution is -2.09. The minimum atomic E-state index is 0.479. The van der Waals surface area contributed by atoms with E-state index in [2.05, 4.69) is 31.2 Å². The van der Waals surface area contributed by atoms with Crippen molar-refractivity contribution in [1.82, 2.24) is 4.98 Å². The van der Waals surface area contributed by atoms with Gasteiger partial charge in [0.15, 0.2) is 0 Å². The van der Waals surface area contributed by atoms with Gasteiger partial charge in [-0.1, -0.05) is 42.0 Å². The molecule has 0 amide bonds. The molecule has 1 saturated carbocycles. The van der Waals surface area contributed by atoms with Crippen LogP contribution in [0.15, 0.2) is 24.3 Å². The third kappa shape index (κ3) is 2.18. The first-order valence-electron chi connectivity index (χ1n) is 6.02. The van der Waals surface area contributed by atoms with Gasteiger partial charge in [-0.05, 0) is 19.8 Å². The van der Waals surface area contributed by atoms with Crippen LogP contribution >= 0.6 is 23.6 Å². The summed E-state index contributed by atoms with van der Waals surface area (Å²) in [5.74, 6) is 0.581. The van der Waals surface area contributed by atoms with Crippen LogP contribution in [-0.4, -0.2) is 9.97 Å². The Labute approximate surface area is 116 Å². The Kier molecular flexibility index (Phi) is 2.92. The standard InChI is InChI=1S/C14H14N2S2/c1-8-2-4-10(5-3-8)14-16-11(9-6-7-9)12(18-14)13(15)17/h2-5,9H,6-7H2,1H3,(H2,15,17). The van der Waals surface area contributed by atoms with Crippen molar-refractivity contribution in [3.05, 3.63) is 40.4 Å². The van der Waals surface area contributed by atoms with Crippen LogP contribution in [0, 0.1) is 6.92 Å². The molecule has 2 N–H and O–H groups in total. The minimum Gasteiger partial charge on any atom is -0.389 e. The number of nitrogens with two attached hydrogens (primary N) is 1. The van der Waals surface area contributed by atoms with E-state index in [1.54, 1.807) is 11.3 Å². The fourth-order valence-corrected chi connectivity index (χ4v) is 3.20. The maximum atomic E-state index is 5.80. The van der Waals surface area contributed by atoms with E-state index < -0.39 is 0 Å². The van der Waals surface area contributed by atoms with Gasteiger partial charge in [0, 0.05) is 11.5 Å². The number of aryl methyl sites for hydroxylation is 1. The fraction of sp³-hybridized carbons (Fsp3) is 0.286. The first-order valence-corrected chi connectivity index (χ1v) is 7.25. The zero-order chi connectivity index (χ0) is 12.7. The van der Waals surface area contributed by atoms with Gasteiger partial charge in [-0.3, -0.25) is 0 Å². The van der Waals surface area contributed by atoms with Crippen molar-refractivity contribution in [2.75, 3.05) is 0 Å². The van der Waals surface area contributed by atoms with Crippen LogP contribution in [0.4, 0.5) is 0 Å². The van der Waals surface area contributed by atoms with Crippen LogP contribution in [0.3, 0.4) is 0 Å². The van der Waals surface area contributed by atoms with Crippen molar-refractivity contribution in [1.29, 1.82) is 0 Å². The molecule has 0 spiro atoms. The number of hydrogen-bond acceptors (Lipinski definition) is 3. The quantitative estimate of drug-likeness (QED) is 0.869. The summed E-state index contributed by atoms with van der Waals surface area (Å²) in [5, 5.41) is 1.03. The average Bonchev–Trinajstić information content (AvgIpc) is 3.09. The molecular formula is C14H14N2S2. The van der Waals surface area contributed by atoms with Crippen LogP contribution < -0.4 is 5.73 Å². The molecule has 2 nitrogen and oxygen atoms in total. The van der Waals surface area contributed by atoms with Gasteiger partial charge in [-0.2, -0.15) is 0 Å².